The van der Waals surface area contributed by atoms with Crippen LogP contribution in [0.4, 0.5) is 11.4 Å². The highest BCUT2D eigenvalue weighted by molar-refractivity contribution is 5.97. The number of hydrogen-bond donors (Lipinski definition) is 2. The van der Waals surface area contributed by atoms with Gasteiger partial charge in [-0.15, -0.1) is 0 Å². The number of anilines is 2. The van der Waals surface area contributed by atoms with Gasteiger partial charge in [-0.3, -0.25) is 4.79 Å². The molecular formula is C25H22N2O2. The molecule has 1 amide bonds. The van der Waals surface area contributed by atoms with Gasteiger partial charge in [-0.05, 0) is 41.3 Å². The van der Waals surface area contributed by atoms with Crippen LogP contribution in [0.15, 0.2) is 97.1 Å². The fourth-order valence-electron chi connectivity index (χ4n) is 3.14. The number of carbonyl (C=O) groups excluding carboxylic acids is 1. The van der Waals surface area contributed by atoms with Crippen LogP contribution in [-0.4, -0.2) is 12.5 Å². The molecule has 29 heavy (non-hydrogen) atoms. The summed E-state index contributed by atoms with van der Waals surface area (Å²) in [4.78, 5) is 12.3. The number of rotatable bonds is 7. The third-order valence-electron chi connectivity index (χ3n) is 4.62. The molecule has 4 heteroatoms. The van der Waals surface area contributed by atoms with Crippen LogP contribution >= 0.6 is 0 Å². The average molecular weight is 382 g/mol. The molecule has 4 aromatic carbocycles. The van der Waals surface area contributed by atoms with Crippen molar-refractivity contribution in [2.75, 3.05) is 17.2 Å². The minimum atomic E-state index is -0.101. The summed E-state index contributed by atoms with van der Waals surface area (Å²) in [5.41, 5.74) is 2.80. The van der Waals surface area contributed by atoms with Gasteiger partial charge in [0.2, 0.25) is 5.91 Å². The molecule has 144 valence electrons. The first-order valence-corrected chi connectivity index (χ1v) is 9.56. The lowest BCUT2D eigenvalue weighted by atomic mass is 10.1. The van der Waals surface area contributed by atoms with Gasteiger partial charge in [0.15, 0.2) is 0 Å². The van der Waals surface area contributed by atoms with Crippen molar-refractivity contribution in [2.24, 2.45) is 0 Å². The van der Waals surface area contributed by atoms with Crippen molar-refractivity contribution in [1.29, 1.82) is 0 Å². The van der Waals surface area contributed by atoms with E-state index in [9.17, 15) is 4.79 Å². The van der Waals surface area contributed by atoms with E-state index in [1.165, 1.54) is 0 Å². The lowest BCUT2D eigenvalue weighted by Gasteiger charge is -2.11. The quantitative estimate of drug-likeness (QED) is 0.446. The van der Waals surface area contributed by atoms with E-state index >= 15 is 0 Å². The molecule has 0 atom stereocenters. The molecular weight excluding hydrogens is 360 g/mol. The highest BCUT2D eigenvalue weighted by atomic mass is 16.5. The van der Waals surface area contributed by atoms with Crippen LogP contribution in [0, 0.1) is 0 Å². The molecule has 4 nitrogen and oxygen atoms in total. The van der Waals surface area contributed by atoms with Gasteiger partial charge in [0, 0.05) is 16.8 Å². The van der Waals surface area contributed by atoms with Crippen LogP contribution in [0.2, 0.25) is 0 Å². The minimum Gasteiger partial charge on any atom is -0.489 e. The van der Waals surface area contributed by atoms with Crippen LogP contribution in [0.3, 0.4) is 0 Å². The Morgan fingerprint density at radius 2 is 1.48 bits per heavy atom. The van der Waals surface area contributed by atoms with E-state index in [1.54, 1.807) is 0 Å². The van der Waals surface area contributed by atoms with Gasteiger partial charge >= 0.3 is 0 Å². The first kappa shape index (κ1) is 18.6. The van der Waals surface area contributed by atoms with Crippen molar-refractivity contribution in [2.45, 2.75) is 6.61 Å². The molecule has 0 aromatic heterocycles. The van der Waals surface area contributed by atoms with Gasteiger partial charge < -0.3 is 15.4 Å². The van der Waals surface area contributed by atoms with E-state index in [4.69, 9.17) is 4.74 Å². The molecule has 0 spiro atoms. The van der Waals surface area contributed by atoms with Gasteiger partial charge in [-0.1, -0.05) is 66.7 Å². The summed E-state index contributed by atoms with van der Waals surface area (Å²) in [6.45, 7) is 0.710. The zero-order valence-corrected chi connectivity index (χ0v) is 16.0. The Balaban J connectivity index is 1.30. The molecule has 0 heterocycles. The van der Waals surface area contributed by atoms with Crippen LogP contribution in [0.25, 0.3) is 10.8 Å². The predicted octanol–water partition coefficient (Wildman–Crippen LogP) is 5.47. The number of nitrogens with one attached hydrogen (secondary N) is 2. The highest BCUT2D eigenvalue weighted by Crippen LogP contribution is 2.23. The van der Waals surface area contributed by atoms with Crippen molar-refractivity contribution in [3.8, 4) is 5.75 Å². The topological polar surface area (TPSA) is 50.4 Å². The fourth-order valence-corrected chi connectivity index (χ4v) is 3.14. The summed E-state index contributed by atoms with van der Waals surface area (Å²) in [5, 5.41) is 8.37. The number of fused-ring (bicyclic) bond motifs is 1. The third-order valence-corrected chi connectivity index (χ3v) is 4.62. The van der Waals surface area contributed by atoms with Crippen molar-refractivity contribution in [1.82, 2.24) is 0 Å². The van der Waals surface area contributed by atoms with E-state index in [2.05, 4.69) is 22.8 Å². The first-order chi connectivity index (χ1) is 14.3. The first-order valence-electron chi connectivity index (χ1n) is 9.56. The van der Waals surface area contributed by atoms with Gasteiger partial charge in [0.05, 0.1) is 6.54 Å². The maximum Gasteiger partial charge on any atom is 0.243 e. The highest BCUT2D eigenvalue weighted by Gasteiger charge is 2.05. The van der Waals surface area contributed by atoms with Crippen LogP contribution in [0.5, 0.6) is 5.75 Å². The van der Waals surface area contributed by atoms with Gasteiger partial charge in [0.1, 0.15) is 12.4 Å². The Kier molecular flexibility index (Phi) is 5.72. The Hall–Kier alpha value is -3.79. The molecule has 0 aliphatic carbocycles. The zero-order valence-electron chi connectivity index (χ0n) is 16.0. The maximum absolute atomic E-state index is 12.3. The molecule has 0 bridgehead atoms. The SMILES string of the molecule is O=C(CNc1cccc2ccccc12)Nc1ccc(OCc2ccccc2)cc1. The predicted molar refractivity (Wildman–Crippen MR) is 118 cm³/mol. The number of hydrogen-bond acceptors (Lipinski definition) is 3. The largest absolute Gasteiger partial charge is 0.489 e. The minimum absolute atomic E-state index is 0.101. The molecule has 0 unspecified atom stereocenters. The van der Waals surface area contributed by atoms with Crippen molar-refractivity contribution >= 4 is 28.1 Å². The smallest absolute Gasteiger partial charge is 0.243 e. The average Bonchev–Trinajstić information content (AvgIpc) is 2.78. The normalized spacial score (nSPS) is 10.5. The van der Waals surface area contributed by atoms with Crippen LogP contribution in [-0.2, 0) is 11.4 Å². The zero-order chi connectivity index (χ0) is 19.9. The molecule has 0 saturated carbocycles. The van der Waals surface area contributed by atoms with Gasteiger partial charge in [0.25, 0.3) is 0 Å². The Bertz CT molecular complexity index is 1090. The molecule has 0 saturated heterocycles. The van der Waals surface area contributed by atoms with Crippen LogP contribution < -0.4 is 15.4 Å². The van der Waals surface area contributed by atoms with Crippen LogP contribution in [0.1, 0.15) is 5.56 Å². The molecule has 0 aliphatic heterocycles. The second kappa shape index (κ2) is 8.93. The molecule has 0 aliphatic rings. The Morgan fingerprint density at radius 1 is 0.759 bits per heavy atom. The number of amides is 1. The second-order valence-corrected chi connectivity index (χ2v) is 6.73. The van der Waals surface area contributed by atoms with E-state index in [0.29, 0.717) is 6.61 Å². The summed E-state index contributed by atoms with van der Waals surface area (Å²) in [6.07, 6.45) is 0. The fraction of sp³-hybridized carbons (Fsp3) is 0.0800. The standard InChI is InChI=1S/C25H22N2O2/c28-25(17-26-24-12-6-10-20-9-4-5-11-23(20)24)27-21-13-15-22(16-14-21)29-18-19-7-2-1-3-8-19/h1-16,26H,17-18H2,(H,27,28). The number of ether oxygens (including phenoxy) is 1. The Morgan fingerprint density at radius 3 is 2.31 bits per heavy atom. The number of benzene rings is 4. The Labute approximate surface area is 170 Å². The molecule has 4 rings (SSSR count). The van der Waals surface area contributed by atoms with Crippen molar-refractivity contribution < 1.29 is 9.53 Å². The summed E-state index contributed by atoms with van der Waals surface area (Å²) < 4.78 is 5.77. The van der Waals surface area contributed by atoms with E-state index < -0.39 is 0 Å². The van der Waals surface area contributed by atoms with E-state index in [1.807, 2.05) is 84.9 Å². The molecule has 2 N–H and O–H groups in total. The van der Waals surface area contributed by atoms with Crippen molar-refractivity contribution in [3.05, 3.63) is 103 Å². The monoisotopic (exact) mass is 382 g/mol. The van der Waals surface area contributed by atoms with Gasteiger partial charge in [-0.2, -0.15) is 0 Å². The summed E-state index contributed by atoms with van der Waals surface area (Å²) in [6, 6.07) is 31.5. The third kappa shape index (κ3) is 4.93. The second-order valence-electron chi connectivity index (χ2n) is 6.73. The molecule has 4 aromatic rings. The summed E-state index contributed by atoms with van der Waals surface area (Å²) in [5.74, 6) is 0.664. The number of carbonyl (C=O) groups is 1. The molecule has 0 fully saturated rings. The van der Waals surface area contributed by atoms with Crippen molar-refractivity contribution in [3.63, 3.8) is 0 Å². The van der Waals surface area contributed by atoms with E-state index in [-0.39, 0.29) is 12.5 Å². The maximum atomic E-state index is 12.3. The summed E-state index contributed by atoms with van der Waals surface area (Å²) in [7, 11) is 0. The summed E-state index contributed by atoms with van der Waals surface area (Å²) >= 11 is 0. The lowest BCUT2D eigenvalue weighted by Crippen LogP contribution is -2.21. The molecule has 0 radical (unpaired) electrons. The van der Waals surface area contributed by atoms with Gasteiger partial charge in [-0.25, -0.2) is 0 Å². The lowest BCUT2D eigenvalue weighted by molar-refractivity contribution is -0.114. The van der Waals surface area contributed by atoms with E-state index in [0.717, 1.165) is 33.5 Å².